The first-order valence-corrected chi connectivity index (χ1v) is 10.1. The molecule has 0 saturated carbocycles. The van der Waals surface area contributed by atoms with E-state index in [1.807, 2.05) is 6.92 Å². The van der Waals surface area contributed by atoms with Gasteiger partial charge in [-0.2, -0.15) is 4.31 Å². The molecule has 0 spiro atoms. The zero-order valence-corrected chi connectivity index (χ0v) is 16.9. The lowest BCUT2D eigenvalue weighted by atomic mass is 10.1. The van der Waals surface area contributed by atoms with Gasteiger partial charge in [0.25, 0.3) is 5.69 Å². The topological polar surface area (TPSA) is 122 Å². The van der Waals surface area contributed by atoms with Gasteiger partial charge in [-0.15, -0.1) is 12.4 Å². The quantitative estimate of drug-likeness (QED) is 0.531. The van der Waals surface area contributed by atoms with Gasteiger partial charge < -0.3 is 15.0 Å². The Morgan fingerprint density at radius 2 is 1.89 bits per heavy atom. The third-order valence-electron chi connectivity index (χ3n) is 4.81. The first-order valence-electron chi connectivity index (χ1n) is 8.69. The van der Waals surface area contributed by atoms with Gasteiger partial charge in [0.15, 0.2) is 4.90 Å². The van der Waals surface area contributed by atoms with E-state index >= 15 is 0 Å². The Labute approximate surface area is 169 Å². The Balaban J connectivity index is 0.00000280. The lowest BCUT2D eigenvalue weighted by Gasteiger charge is -2.38. The van der Waals surface area contributed by atoms with Crippen LogP contribution in [0.5, 0.6) is 0 Å². The maximum Gasteiger partial charge on any atom is 0.289 e. The average molecular weight is 435 g/mol. The van der Waals surface area contributed by atoms with E-state index in [1.165, 1.54) is 28.6 Å². The van der Waals surface area contributed by atoms with Crippen LogP contribution >= 0.6 is 12.4 Å². The fourth-order valence-corrected chi connectivity index (χ4v) is 4.90. The maximum absolute atomic E-state index is 12.8. The molecule has 0 aromatic heterocycles. The number of hydrogen-bond acceptors (Lipinski definition) is 7. The summed E-state index contributed by atoms with van der Waals surface area (Å²) >= 11 is 0. The van der Waals surface area contributed by atoms with E-state index in [0.717, 1.165) is 0 Å². The highest BCUT2D eigenvalue weighted by Gasteiger charge is 2.37. The van der Waals surface area contributed by atoms with E-state index in [0.29, 0.717) is 13.2 Å². The molecular weight excluding hydrogens is 412 g/mol. The minimum Gasteiger partial charge on any atom is -0.375 e. The van der Waals surface area contributed by atoms with Crippen molar-refractivity contribution in [3.63, 3.8) is 0 Å². The van der Waals surface area contributed by atoms with Crippen molar-refractivity contribution in [2.75, 3.05) is 39.3 Å². The van der Waals surface area contributed by atoms with E-state index in [2.05, 4.69) is 5.32 Å². The molecule has 3 rings (SSSR count). The molecule has 28 heavy (non-hydrogen) atoms. The lowest BCUT2D eigenvalue weighted by molar-refractivity contribution is -0.387. The van der Waals surface area contributed by atoms with Crippen molar-refractivity contribution in [2.45, 2.75) is 24.0 Å². The average Bonchev–Trinajstić information content (AvgIpc) is 2.68. The SMILES string of the molecule is C[C@H]1OCCN[C@@H]1C(=O)N1CCN(S(=O)(=O)c2ccccc2[N+](=O)[O-])CC1.Cl. The fourth-order valence-electron chi connectivity index (χ4n) is 3.32. The molecule has 2 fully saturated rings. The van der Waals surface area contributed by atoms with Crippen LogP contribution < -0.4 is 5.32 Å². The number of hydrogen-bond donors (Lipinski definition) is 1. The third kappa shape index (κ3) is 4.44. The number of nitro groups is 1. The van der Waals surface area contributed by atoms with E-state index in [-0.39, 0.29) is 55.5 Å². The standard InChI is InChI=1S/C16H22N4O6S.ClH/c1-12-15(17-6-11-26-12)16(21)18-7-9-19(10-8-18)27(24,25)14-5-3-2-4-13(14)20(22)23;/h2-5,12,15,17H,6-11H2,1H3;1H/t12-,15+;/m1./s1. The van der Waals surface area contributed by atoms with Crippen LogP contribution in [0.15, 0.2) is 29.2 Å². The summed E-state index contributed by atoms with van der Waals surface area (Å²) in [6.45, 7) is 3.58. The lowest BCUT2D eigenvalue weighted by Crippen LogP contribution is -2.60. The summed E-state index contributed by atoms with van der Waals surface area (Å²) in [5, 5.41) is 14.3. The normalized spacial score (nSPS) is 23.7. The molecule has 2 heterocycles. The number of rotatable bonds is 4. The van der Waals surface area contributed by atoms with Crippen molar-refractivity contribution in [1.29, 1.82) is 0 Å². The molecular formula is C16H23ClN4O6S. The predicted molar refractivity (Wildman–Crippen MR) is 103 cm³/mol. The summed E-state index contributed by atoms with van der Waals surface area (Å²) in [5.41, 5.74) is -0.451. The number of carbonyl (C=O) groups excluding carboxylic acids is 1. The minimum absolute atomic E-state index is 0. The molecule has 2 aliphatic heterocycles. The van der Waals surface area contributed by atoms with Crippen LogP contribution in [0, 0.1) is 10.1 Å². The molecule has 1 aromatic carbocycles. The molecule has 2 aliphatic rings. The van der Waals surface area contributed by atoms with E-state index in [1.54, 1.807) is 4.90 Å². The number of morpholine rings is 1. The maximum atomic E-state index is 12.8. The van der Waals surface area contributed by atoms with Crippen molar-refractivity contribution < 1.29 is 22.9 Å². The first kappa shape index (κ1) is 22.5. The molecule has 0 unspecified atom stereocenters. The number of ether oxygens (including phenoxy) is 1. The monoisotopic (exact) mass is 434 g/mol. The van der Waals surface area contributed by atoms with Gasteiger partial charge in [0.1, 0.15) is 6.04 Å². The van der Waals surface area contributed by atoms with Crippen LogP contribution in [0.2, 0.25) is 0 Å². The molecule has 1 N–H and O–H groups in total. The first-order chi connectivity index (χ1) is 12.8. The van der Waals surface area contributed by atoms with Gasteiger partial charge in [-0.1, -0.05) is 12.1 Å². The second kappa shape index (κ2) is 9.14. The highest BCUT2D eigenvalue weighted by Crippen LogP contribution is 2.27. The van der Waals surface area contributed by atoms with Crippen LogP contribution in [-0.4, -0.2) is 79.9 Å². The van der Waals surface area contributed by atoms with Gasteiger partial charge in [-0.05, 0) is 13.0 Å². The third-order valence-corrected chi connectivity index (χ3v) is 6.76. The fraction of sp³-hybridized carbons (Fsp3) is 0.562. The van der Waals surface area contributed by atoms with E-state index in [4.69, 9.17) is 4.74 Å². The number of sulfonamides is 1. The largest absolute Gasteiger partial charge is 0.375 e. The predicted octanol–water partition coefficient (Wildman–Crippen LogP) is 0.226. The Bertz CT molecular complexity index is 828. The van der Waals surface area contributed by atoms with Gasteiger partial charge in [0.05, 0.1) is 17.6 Å². The smallest absolute Gasteiger partial charge is 0.289 e. The number of nitrogens with one attached hydrogen (secondary N) is 1. The zero-order valence-electron chi connectivity index (χ0n) is 15.3. The van der Waals surface area contributed by atoms with Gasteiger partial charge >= 0.3 is 0 Å². The molecule has 10 nitrogen and oxygen atoms in total. The number of benzene rings is 1. The molecule has 1 amide bonds. The van der Waals surface area contributed by atoms with E-state index in [9.17, 15) is 23.3 Å². The number of halogens is 1. The molecule has 2 atom stereocenters. The van der Waals surface area contributed by atoms with Crippen molar-refractivity contribution in [3.8, 4) is 0 Å². The summed E-state index contributed by atoms with van der Waals surface area (Å²) in [6.07, 6.45) is -0.250. The molecule has 0 bridgehead atoms. The summed E-state index contributed by atoms with van der Waals surface area (Å²) < 4.78 is 32.3. The van der Waals surface area contributed by atoms with Gasteiger partial charge in [-0.3, -0.25) is 14.9 Å². The van der Waals surface area contributed by atoms with Crippen LogP contribution in [-0.2, 0) is 19.6 Å². The second-order valence-electron chi connectivity index (χ2n) is 6.46. The van der Waals surface area contributed by atoms with Crippen molar-refractivity contribution in [2.24, 2.45) is 0 Å². The molecule has 0 aliphatic carbocycles. The highest BCUT2D eigenvalue weighted by molar-refractivity contribution is 7.89. The van der Waals surface area contributed by atoms with Crippen molar-refractivity contribution >= 4 is 34.0 Å². The Hall–Kier alpha value is -1.79. The summed E-state index contributed by atoms with van der Waals surface area (Å²) in [5.74, 6) is -0.120. The Morgan fingerprint density at radius 1 is 1.25 bits per heavy atom. The summed E-state index contributed by atoms with van der Waals surface area (Å²) in [7, 11) is -4.01. The van der Waals surface area contributed by atoms with Crippen molar-refractivity contribution in [1.82, 2.24) is 14.5 Å². The van der Waals surface area contributed by atoms with Gasteiger partial charge in [0, 0.05) is 38.8 Å². The number of piperazine rings is 1. The Morgan fingerprint density at radius 3 is 2.50 bits per heavy atom. The van der Waals surface area contributed by atoms with Gasteiger partial charge in [-0.25, -0.2) is 8.42 Å². The van der Waals surface area contributed by atoms with Crippen LogP contribution in [0.4, 0.5) is 5.69 Å². The van der Waals surface area contributed by atoms with Crippen LogP contribution in [0.25, 0.3) is 0 Å². The number of carbonyl (C=O) groups is 1. The summed E-state index contributed by atoms with van der Waals surface area (Å²) in [4.78, 5) is 24.4. The number of nitrogens with zero attached hydrogens (tertiary/aromatic N) is 3. The van der Waals surface area contributed by atoms with Crippen LogP contribution in [0.3, 0.4) is 0 Å². The minimum atomic E-state index is -4.01. The second-order valence-corrected chi connectivity index (χ2v) is 8.37. The van der Waals surface area contributed by atoms with Crippen LogP contribution in [0.1, 0.15) is 6.92 Å². The Kier molecular flexibility index (Phi) is 7.34. The molecule has 2 saturated heterocycles. The van der Waals surface area contributed by atoms with Crippen molar-refractivity contribution in [3.05, 3.63) is 34.4 Å². The molecule has 1 aromatic rings. The molecule has 0 radical (unpaired) electrons. The zero-order chi connectivity index (χ0) is 19.6. The number of nitro benzene ring substituents is 1. The molecule has 12 heteroatoms. The number of amides is 1. The van der Waals surface area contributed by atoms with Gasteiger partial charge in [0.2, 0.25) is 15.9 Å². The number of para-hydroxylation sites is 1. The molecule has 156 valence electrons. The summed E-state index contributed by atoms with van der Waals surface area (Å²) in [6, 6.07) is 4.83. The van der Waals surface area contributed by atoms with E-state index < -0.39 is 26.7 Å². The highest BCUT2D eigenvalue weighted by atomic mass is 35.5.